The van der Waals surface area contributed by atoms with E-state index in [4.69, 9.17) is 10.2 Å². The van der Waals surface area contributed by atoms with Crippen LogP contribution in [-0.4, -0.2) is 54.4 Å². The number of carboxylic acid groups (broad SMARTS) is 1. The number of carboxylic acids is 1. The molecule has 0 saturated heterocycles. The van der Waals surface area contributed by atoms with E-state index in [0.717, 1.165) is 17.6 Å². The van der Waals surface area contributed by atoms with Gasteiger partial charge in [-0.15, -0.1) is 11.3 Å². The van der Waals surface area contributed by atoms with E-state index in [1.165, 1.54) is 0 Å². The van der Waals surface area contributed by atoms with Crippen molar-refractivity contribution >= 4 is 38.4 Å². The molecule has 0 aliphatic carbocycles. The molecule has 1 aromatic rings. The Kier molecular flexibility index (Phi) is 6.05. The topological polar surface area (TPSA) is 146 Å². The maximum atomic E-state index is 11.5. The third-order valence-corrected chi connectivity index (χ3v) is 3.69. The molecule has 0 fully saturated rings. The Bertz CT molecular complexity index is 612. The predicted molar refractivity (Wildman–Crippen MR) is 75.6 cm³/mol. The normalized spacial score (nSPS) is 12.7. The number of anilines is 1. The van der Waals surface area contributed by atoms with Gasteiger partial charge < -0.3 is 15.5 Å². The first-order valence-corrected chi connectivity index (χ1v) is 8.54. The molecule has 0 bridgehead atoms. The summed E-state index contributed by atoms with van der Waals surface area (Å²) in [5.41, 5.74) is 0.391. The number of amides is 1. The van der Waals surface area contributed by atoms with E-state index in [9.17, 15) is 18.0 Å². The van der Waals surface area contributed by atoms with Crippen molar-refractivity contribution in [2.75, 3.05) is 17.5 Å². The average molecular weight is 337 g/mol. The summed E-state index contributed by atoms with van der Waals surface area (Å²) in [6.07, 6.45) is -0.686. The second-order valence-corrected chi connectivity index (χ2v) is 6.79. The van der Waals surface area contributed by atoms with E-state index < -0.39 is 28.0 Å². The minimum atomic E-state index is -3.41. The highest BCUT2D eigenvalue weighted by Gasteiger charge is 2.14. The van der Waals surface area contributed by atoms with Gasteiger partial charge in [0.1, 0.15) is 0 Å². The number of rotatable bonds is 8. The van der Waals surface area contributed by atoms with Gasteiger partial charge in [0.2, 0.25) is 15.9 Å². The van der Waals surface area contributed by atoms with Gasteiger partial charge >= 0.3 is 5.97 Å². The van der Waals surface area contributed by atoms with Gasteiger partial charge in [0.25, 0.3) is 0 Å². The van der Waals surface area contributed by atoms with Crippen LogP contribution in [-0.2, 0) is 26.0 Å². The summed E-state index contributed by atoms with van der Waals surface area (Å²) in [5.74, 6) is -1.75. The van der Waals surface area contributed by atoms with Crippen molar-refractivity contribution < 1.29 is 28.2 Å². The zero-order valence-electron chi connectivity index (χ0n) is 11.1. The fraction of sp³-hybridized carbons (Fsp3) is 0.500. The molecular formula is C10H15N3O6S2. The van der Waals surface area contributed by atoms with E-state index in [1.807, 2.05) is 0 Å². The minimum Gasteiger partial charge on any atom is -0.479 e. The first-order valence-electron chi connectivity index (χ1n) is 5.77. The highest BCUT2D eigenvalue weighted by Crippen LogP contribution is 2.16. The molecule has 11 heteroatoms. The third-order valence-electron chi connectivity index (χ3n) is 2.19. The Morgan fingerprint density at radius 3 is 2.71 bits per heavy atom. The summed E-state index contributed by atoms with van der Waals surface area (Å²) < 4.78 is 24.2. The van der Waals surface area contributed by atoms with Gasteiger partial charge in [0, 0.05) is 18.3 Å². The molecule has 9 nitrogen and oxygen atoms in total. The van der Waals surface area contributed by atoms with Gasteiger partial charge in [-0.3, -0.25) is 9.52 Å². The van der Waals surface area contributed by atoms with Crippen LogP contribution in [0.4, 0.5) is 5.13 Å². The lowest BCUT2D eigenvalue weighted by Crippen LogP contribution is -2.31. The van der Waals surface area contributed by atoms with Gasteiger partial charge in [0.15, 0.2) is 11.2 Å². The van der Waals surface area contributed by atoms with Gasteiger partial charge in [-0.2, -0.15) is 0 Å². The number of aliphatic hydroxyl groups is 1. The number of nitrogens with one attached hydrogen (secondary N) is 2. The molecule has 1 atom stereocenters. The predicted octanol–water partition coefficient (Wildman–Crippen LogP) is -0.991. The lowest BCUT2D eigenvalue weighted by molar-refractivity contribution is -0.147. The van der Waals surface area contributed by atoms with Crippen LogP contribution in [0, 0.1) is 0 Å². The van der Waals surface area contributed by atoms with Crippen LogP contribution in [0.2, 0.25) is 0 Å². The van der Waals surface area contributed by atoms with Crippen LogP contribution in [0.5, 0.6) is 0 Å². The maximum absolute atomic E-state index is 11.5. The van der Waals surface area contributed by atoms with E-state index in [1.54, 1.807) is 5.38 Å². The van der Waals surface area contributed by atoms with E-state index in [2.05, 4.69) is 15.0 Å². The molecule has 1 amide bonds. The number of sulfonamides is 1. The zero-order chi connectivity index (χ0) is 16.0. The highest BCUT2D eigenvalue weighted by atomic mass is 32.2. The minimum absolute atomic E-state index is 0.0187. The number of carbonyl (C=O) groups excluding carboxylic acids is 1. The molecular weight excluding hydrogens is 322 g/mol. The number of thiazole rings is 1. The highest BCUT2D eigenvalue weighted by molar-refractivity contribution is 7.92. The van der Waals surface area contributed by atoms with Crippen molar-refractivity contribution in [3.8, 4) is 0 Å². The van der Waals surface area contributed by atoms with Gasteiger partial charge in [-0.05, 0) is 0 Å². The number of aliphatic hydroxyl groups excluding tert-OH is 1. The van der Waals surface area contributed by atoms with Crippen LogP contribution < -0.4 is 10.0 Å². The lowest BCUT2D eigenvalue weighted by Gasteiger charge is -2.06. The van der Waals surface area contributed by atoms with Crippen molar-refractivity contribution in [3.63, 3.8) is 0 Å². The quantitative estimate of drug-likeness (QED) is 0.476. The molecule has 1 rings (SSSR count). The maximum Gasteiger partial charge on any atom is 0.332 e. The molecule has 0 aromatic carbocycles. The Morgan fingerprint density at radius 1 is 1.48 bits per heavy atom. The van der Waals surface area contributed by atoms with E-state index in [0.29, 0.717) is 5.69 Å². The zero-order valence-corrected chi connectivity index (χ0v) is 12.7. The molecule has 0 radical (unpaired) electrons. The number of hydrogen-bond acceptors (Lipinski definition) is 7. The molecule has 0 aliphatic heterocycles. The van der Waals surface area contributed by atoms with Crippen LogP contribution in [0.15, 0.2) is 5.38 Å². The van der Waals surface area contributed by atoms with Gasteiger partial charge in [0.05, 0.1) is 18.4 Å². The Balaban J connectivity index is 2.40. The van der Waals surface area contributed by atoms with Gasteiger partial charge in [-0.1, -0.05) is 0 Å². The monoisotopic (exact) mass is 337 g/mol. The first kappa shape index (κ1) is 17.3. The molecule has 0 saturated carbocycles. The van der Waals surface area contributed by atoms with Crippen LogP contribution in [0.1, 0.15) is 12.1 Å². The van der Waals surface area contributed by atoms with Crippen molar-refractivity contribution in [2.24, 2.45) is 0 Å². The van der Waals surface area contributed by atoms with Crippen molar-refractivity contribution in [1.82, 2.24) is 10.3 Å². The summed E-state index contributed by atoms with van der Waals surface area (Å²) in [6, 6.07) is 0. The third kappa shape index (κ3) is 7.02. The lowest BCUT2D eigenvalue weighted by atomic mass is 10.2. The molecule has 118 valence electrons. The second-order valence-electron chi connectivity index (χ2n) is 4.19. The molecule has 1 heterocycles. The van der Waals surface area contributed by atoms with E-state index >= 15 is 0 Å². The average Bonchev–Trinajstić information content (AvgIpc) is 2.73. The Morgan fingerprint density at radius 2 is 2.14 bits per heavy atom. The van der Waals surface area contributed by atoms with Crippen molar-refractivity contribution in [1.29, 1.82) is 0 Å². The number of aliphatic carboxylic acids is 1. The molecule has 21 heavy (non-hydrogen) atoms. The largest absolute Gasteiger partial charge is 0.479 e. The fourth-order valence-electron chi connectivity index (χ4n) is 1.29. The number of hydrogen-bond donors (Lipinski definition) is 4. The van der Waals surface area contributed by atoms with Crippen molar-refractivity contribution in [3.05, 3.63) is 11.1 Å². The number of aromatic nitrogens is 1. The summed E-state index contributed by atoms with van der Waals surface area (Å²) in [5, 5.41) is 21.6. The Hall–Kier alpha value is -1.72. The van der Waals surface area contributed by atoms with Crippen LogP contribution in [0.25, 0.3) is 0 Å². The molecule has 0 unspecified atom stereocenters. The second kappa shape index (κ2) is 7.33. The van der Waals surface area contributed by atoms with Crippen molar-refractivity contribution in [2.45, 2.75) is 18.9 Å². The smallest absolute Gasteiger partial charge is 0.332 e. The fourth-order valence-corrected chi connectivity index (χ4v) is 2.86. The Labute approximate surface area is 125 Å². The van der Waals surface area contributed by atoms with Gasteiger partial charge in [-0.25, -0.2) is 18.2 Å². The van der Waals surface area contributed by atoms with Crippen LogP contribution >= 0.6 is 11.3 Å². The molecule has 0 spiro atoms. The van der Waals surface area contributed by atoms with E-state index in [-0.39, 0.29) is 24.5 Å². The molecule has 0 aliphatic rings. The summed E-state index contributed by atoms with van der Waals surface area (Å²) >= 11 is 1.05. The standard InChI is InChI=1S/C10H15N3O6S2/c1-21(18,19)13-10-12-6(5-20-10)4-8(15)11-3-2-7(14)9(16)17/h5,7,14H,2-4H2,1H3,(H,11,15)(H,12,13)(H,16,17)/t7-/m0/s1. The SMILES string of the molecule is CS(=O)(=O)Nc1nc(CC(=O)NCC[C@H](O)C(=O)O)cs1. The van der Waals surface area contributed by atoms with Crippen LogP contribution in [0.3, 0.4) is 0 Å². The number of carbonyl (C=O) groups is 2. The molecule has 1 aromatic heterocycles. The summed E-state index contributed by atoms with van der Waals surface area (Å²) in [7, 11) is -3.41. The summed E-state index contributed by atoms with van der Waals surface area (Å²) in [4.78, 5) is 25.8. The molecule has 4 N–H and O–H groups in total. The summed E-state index contributed by atoms with van der Waals surface area (Å²) in [6.45, 7) is 0.0187. The number of nitrogens with zero attached hydrogens (tertiary/aromatic N) is 1. The first-order chi connectivity index (χ1) is 9.67.